The average molecular weight is 339 g/mol. The molecule has 1 aromatic rings. The maximum Gasteiger partial charge on any atom is 0.320 e. The van der Waals surface area contributed by atoms with Crippen LogP contribution in [0.5, 0.6) is 0 Å². The summed E-state index contributed by atoms with van der Waals surface area (Å²) in [6.07, 6.45) is 1.40. The van der Waals surface area contributed by atoms with Gasteiger partial charge in [0.2, 0.25) is 0 Å². The van der Waals surface area contributed by atoms with Gasteiger partial charge in [-0.2, -0.15) is 0 Å². The molecule has 0 amide bonds. The lowest BCUT2D eigenvalue weighted by Crippen LogP contribution is -2.38. The number of hydrogen-bond donors (Lipinski definition) is 1. The van der Waals surface area contributed by atoms with Crippen molar-refractivity contribution < 1.29 is 18.3 Å². The van der Waals surface area contributed by atoms with Gasteiger partial charge < -0.3 is 5.11 Å². The first-order valence-corrected chi connectivity index (χ1v) is 9.57. The fraction of sp³-hybridized carbons (Fsp3) is 0.588. The molecule has 1 aliphatic heterocycles. The standard InChI is InChI=1S/C17H25NO4S/c1-17(2,3)13-6-8-14(9-7-13)23(21,22)12-11-18-10-4-5-15(18)16(19)20/h6-9,15H,4-5,10-12H2,1-3H3,(H,19,20)/t15-/m1/s1. The molecule has 1 atom stereocenters. The van der Waals surface area contributed by atoms with Crippen molar-refractivity contribution in [3.63, 3.8) is 0 Å². The van der Waals surface area contributed by atoms with Crippen LogP contribution in [-0.4, -0.2) is 49.3 Å². The topological polar surface area (TPSA) is 74.7 Å². The van der Waals surface area contributed by atoms with Crippen LogP contribution < -0.4 is 0 Å². The van der Waals surface area contributed by atoms with E-state index in [9.17, 15) is 13.2 Å². The lowest BCUT2D eigenvalue weighted by molar-refractivity contribution is -0.142. The number of benzene rings is 1. The molecule has 6 heteroatoms. The van der Waals surface area contributed by atoms with Crippen molar-refractivity contribution in [3.8, 4) is 0 Å². The maximum absolute atomic E-state index is 12.5. The highest BCUT2D eigenvalue weighted by molar-refractivity contribution is 7.91. The second-order valence-electron chi connectivity index (χ2n) is 7.13. The van der Waals surface area contributed by atoms with Crippen molar-refractivity contribution in [1.29, 1.82) is 0 Å². The first-order valence-electron chi connectivity index (χ1n) is 7.91. The number of carbonyl (C=O) groups is 1. The monoisotopic (exact) mass is 339 g/mol. The second-order valence-corrected chi connectivity index (χ2v) is 9.23. The van der Waals surface area contributed by atoms with Crippen LogP contribution in [0.15, 0.2) is 29.2 Å². The second kappa shape index (κ2) is 6.61. The molecular formula is C17H25NO4S. The number of sulfone groups is 1. The van der Waals surface area contributed by atoms with Crippen LogP contribution >= 0.6 is 0 Å². The molecule has 1 aromatic carbocycles. The van der Waals surface area contributed by atoms with Crippen LogP contribution in [0, 0.1) is 0 Å². The Balaban J connectivity index is 2.06. The highest BCUT2D eigenvalue weighted by Gasteiger charge is 2.31. The fourth-order valence-corrected chi connectivity index (χ4v) is 4.15. The summed E-state index contributed by atoms with van der Waals surface area (Å²) in [5.74, 6) is -0.916. The number of hydrogen-bond acceptors (Lipinski definition) is 4. The quantitative estimate of drug-likeness (QED) is 0.891. The summed E-state index contributed by atoms with van der Waals surface area (Å²) in [6, 6.07) is 6.45. The van der Waals surface area contributed by atoms with E-state index in [0.29, 0.717) is 17.9 Å². The van der Waals surface area contributed by atoms with Crippen LogP contribution in [-0.2, 0) is 20.0 Å². The number of aliphatic carboxylic acids is 1. The summed E-state index contributed by atoms with van der Waals surface area (Å²) >= 11 is 0. The Kier molecular flexibility index (Phi) is 5.16. The van der Waals surface area contributed by atoms with E-state index < -0.39 is 21.8 Å². The van der Waals surface area contributed by atoms with Crippen LogP contribution in [0.25, 0.3) is 0 Å². The van der Waals surface area contributed by atoms with Crippen LogP contribution in [0.3, 0.4) is 0 Å². The van der Waals surface area contributed by atoms with Crippen molar-refractivity contribution in [3.05, 3.63) is 29.8 Å². The van der Waals surface area contributed by atoms with Gasteiger partial charge in [-0.1, -0.05) is 32.9 Å². The summed E-state index contributed by atoms with van der Waals surface area (Å²) in [6.45, 7) is 7.15. The lowest BCUT2D eigenvalue weighted by Gasteiger charge is -2.21. The van der Waals surface area contributed by atoms with Gasteiger partial charge in [-0.15, -0.1) is 0 Å². The van der Waals surface area contributed by atoms with Gasteiger partial charge in [0.1, 0.15) is 6.04 Å². The van der Waals surface area contributed by atoms with Crippen molar-refractivity contribution >= 4 is 15.8 Å². The fourth-order valence-electron chi connectivity index (χ4n) is 2.89. The van der Waals surface area contributed by atoms with E-state index in [4.69, 9.17) is 5.11 Å². The Hall–Kier alpha value is -1.40. The van der Waals surface area contributed by atoms with Crippen molar-refractivity contribution in [2.24, 2.45) is 0 Å². The molecule has 23 heavy (non-hydrogen) atoms. The van der Waals surface area contributed by atoms with Gasteiger partial charge >= 0.3 is 5.97 Å². The number of likely N-dealkylation sites (tertiary alicyclic amines) is 1. The molecule has 0 aromatic heterocycles. The molecule has 1 heterocycles. The third-order valence-corrected chi connectivity index (χ3v) is 6.09. The summed E-state index contributed by atoms with van der Waals surface area (Å²) in [7, 11) is -3.39. The molecule has 0 unspecified atom stereocenters. The molecule has 5 nitrogen and oxygen atoms in total. The number of rotatable bonds is 5. The summed E-state index contributed by atoms with van der Waals surface area (Å²) < 4.78 is 24.9. The summed E-state index contributed by atoms with van der Waals surface area (Å²) in [4.78, 5) is 13.2. The molecule has 0 saturated carbocycles. The highest BCUT2D eigenvalue weighted by Crippen LogP contribution is 2.24. The zero-order valence-electron chi connectivity index (χ0n) is 13.9. The van der Waals surface area contributed by atoms with Gasteiger partial charge in [-0.25, -0.2) is 8.42 Å². The predicted octanol–water partition coefficient (Wildman–Crippen LogP) is 2.31. The van der Waals surface area contributed by atoms with E-state index in [1.54, 1.807) is 17.0 Å². The van der Waals surface area contributed by atoms with Gasteiger partial charge in [-0.05, 0) is 42.5 Å². The van der Waals surface area contributed by atoms with Gasteiger partial charge in [0.05, 0.1) is 10.6 Å². The van der Waals surface area contributed by atoms with Gasteiger partial charge in [-0.3, -0.25) is 9.69 Å². The van der Waals surface area contributed by atoms with Crippen molar-refractivity contribution in [1.82, 2.24) is 4.90 Å². The predicted molar refractivity (Wildman–Crippen MR) is 89.4 cm³/mol. The molecule has 0 radical (unpaired) electrons. The third kappa shape index (κ3) is 4.32. The first kappa shape index (κ1) is 17.9. The smallest absolute Gasteiger partial charge is 0.320 e. The molecular weight excluding hydrogens is 314 g/mol. The Labute approximate surface area is 138 Å². The number of carboxylic acids is 1. The molecule has 128 valence electrons. The molecule has 0 aliphatic carbocycles. The summed E-state index contributed by atoms with van der Waals surface area (Å²) in [5, 5.41) is 9.15. The van der Waals surface area contributed by atoms with Gasteiger partial charge in [0.15, 0.2) is 9.84 Å². The molecule has 0 spiro atoms. The Morgan fingerprint density at radius 1 is 1.26 bits per heavy atom. The Morgan fingerprint density at radius 3 is 2.39 bits per heavy atom. The average Bonchev–Trinajstić information content (AvgIpc) is 2.93. The SMILES string of the molecule is CC(C)(C)c1ccc(S(=O)(=O)CCN2CCC[C@@H]2C(=O)O)cc1. The molecule has 0 bridgehead atoms. The molecule has 1 fully saturated rings. The summed E-state index contributed by atoms with van der Waals surface area (Å²) in [5.41, 5.74) is 1.06. The maximum atomic E-state index is 12.5. The zero-order valence-corrected chi connectivity index (χ0v) is 14.8. The van der Waals surface area contributed by atoms with Crippen molar-refractivity contribution in [2.75, 3.05) is 18.8 Å². The largest absolute Gasteiger partial charge is 0.480 e. The van der Waals surface area contributed by atoms with E-state index in [0.717, 1.165) is 12.0 Å². The van der Waals surface area contributed by atoms with E-state index >= 15 is 0 Å². The molecule has 1 N–H and O–H groups in total. The Bertz CT molecular complexity index is 659. The minimum atomic E-state index is -3.39. The first-order chi connectivity index (χ1) is 10.6. The van der Waals surface area contributed by atoms with E-state index in [-0.39, 0.29) is 17.7 Å². The lowest BCUT2D eigenvalue weighted by atomic mass is 9.87. The molecule has 1 aliphatic rings. The zero-order chi connectivity index (χ0) is 17.3. The van der Waals surface area contributed by atoms with E-state index in [1.807, 2.05) is 12.1 Å². The van der Waals surface area contributed by atoms with Gasteiger partial charge in [0, 0.05) is 6.54 Å². The minimum Gasteiger partial charge on any atom is -0.480 e. The van der Waals surface area contributed by atoms with E-state index in [1.165, 1.54) is 0 Å². The number of carboxylic acid groups (broad SMARTS) is 1. The van der Waals surface area contributed by atoms with Crippen LogP contribution in [0.2, 0.25) is 0 Å². The third-order valence-electron chi connectivity index (χ3n) is 4.38. The molecule has 1 saturated heterocycles. The van der Waals surface area contributed by atoms with Crippen LogP contribution in [0.4, 0.5) is 0 Å². The minimum absolute atomic E-state index is 0.0213. The Morgan fingerprint density at radius 2 is 1.87 bits per heavy atom. The van der Waals surface area contributed by atoms with Crippen molar-refractivity contribution in [2.45, 2.75) is 50.0 Å². The van der Waals surface area contributed by atoms with E-state index in [2.05, 4.69) is 20.8 Å². The van der Waals surface area contributed by atoms with Gasteiger partial charge in [0.25, 0.3) is 0 Å². The normalized spacial score (nSPS) is 19.9. The van der Waals surface area contributed by atoms with Crippen LogP contribution in [0.1, 0.15) is 39.2 Å². The number of nitrogens with zero attached hydrogens (tertiary/aromatic N) is 1. The highest BCUT2D eigenvalue weighted by atomic mass is 32.2. The molecule has 2 rings (SSSR count).